The molecule has 0 atom stereocenters. The molecule has 0 spiro atoms. The van der Waals surface area contributed by atoms with Crippen molar-refractivity contribution in [1.82, 2.24) is 9.78 Å². The Kier molecular flexibility index (Phi) is 8.27. The van der Waals surface area contributed by atoms with Crippen LogP contribution in [0.2, 0.25) is 0 Å². The van der Waals surface area contributed by atoms with Crippen LogP contribution in [0.25, 0.3) is 5.57 Å². The van der Waals surface area contributed by atoms with Crippen molar-refractivity contribution < 1.29 is 0 Å². The molecule has 6 nitrogen and oxygen atoms in total. The number of allylic oxidation sites excluding steroid dienone is 3. The van der Waals surface area contributed by atoms with Gasteiger partial charge in [0.15, 0.2) is 0 Å². The van der Waals surface area contributed by atoms with Crippen molar-refractivity contribution in [2.24, 2.45) is 20.9 Å². The molecule has 0 radical (unpaired) electrons. The van der Waals surface area contributed by atoms with Crippen LogP contribution in [0.3, 0.4) is 0 Å². The van der Waals surface area contributed by atoms with E-state index in [2.05, 4.69) is 66.0 Å². The average Bonchev–Trinajstić information content (AvgIpc) is 3.18. The third kappa shape index (κ3) is 6.10. The zero-order valence-electron chi connectivity index (χ0n) is 17.8. The van der Waals surface area contributed by atoms with E-state index in [1.807, 2.05) is 23.9 Å². The van der Waals surface area contributed by atoms with Crippen LogP contribution in [-0.2, 0) is 6.54 Å². The fourth-order valence-corrected chi connectivity index (χ4v) is 3.08. The highest BCUT2D eigenvalue weighted by atomic mass is 15.3. The summed E-state index contributed by atoms with van der Waals surface area (Å²) in [7, 11) is 1.79. The van der Waals surface area contributed by atoms with E-state index in [1.54, 1.807) is 13.2 Å². The van der Waals surface area contributed by atoms with Gasteiger partial charge in [-0.2, -0.15) is 10.2 Å². The molecule has 1 aromatic carbocycles. The second-order valence-corrected chi connectivity index (χ2v) is 6.78. The van der Waals surface area contributed by atoms with E-state index < -0.39 is 0 Å². The van der Waals surface area contributed by atoms with Crippen LogP contribution in [-0.4, -0.2) is 35.0 Å². The molecule has 29 heavy (non-hydrogen) atoms. The van der Waals surface area contributed by atoms with Crippen molar-refractivity contribution in [3.8, 4) is 0 Å². The molecule has 152 valence electrons. The first-order valence-corrected chi connectivity index (χ1v) is 9.67. The Balaban J connectivity index is 2.29. The van der Waals surface area contributed by atoms with Gasteiger partial charge < -0.3 is 5.84 Å². The first-order valence-electron chi connectivity index (χ1n) is 9.67. The summed E-state index contributed by atoms with van der Waals surface area (Å²) in [6.45, 7) is 10.3. The van der Waals surface area contributed by atoms with Crippen LogP contribution < -0.4 is 5.84 Å². The summed E-state index contributed by atoms with van der Waals surface area (Å²) in [5.74, 6) is 5.58. The minimum absolute atomic E-state index is 0.645. The Morgan fingerprint density at radius 1 is 1.24 bits per heavy atom. The second-order valence-electron chi connectivity index (χ2n) is 6.78. The normalized spacial score (nSPS) is 13.7. The van der Waals surface area contributed by atoms with Gasteiger partial charge in [-0.1, -0.05) is 42.8 Å². The third-order valence-electron chi connectivity index (χ3n) is 4.71. The largest absolute Gasteiger partial charge is 0.323 e. The van der Waals surface area contributed by atoms with Gasteiger partial charge >= 0.3 is 0 Å². The number of benzene rings is 1. The van der Waals surface area contributed by atoms with Crippen LogP contribution in [0.15, 0.2) is 69.5 Å². The quantitative estimate of drug-likeness (QED) is 0.391. The van der Waals surface area contributed by atoms with Gasteiger partial charge in [-0.05, 0) is 50.6 Å². The van der Waals surface area contributed by atoms with Gasteiger partial charge in [0.1, 0.15) is 0 Å². The molecule has 0 unspecified atom stereocenters. The molecule has 0 aliphatic carbocycles. The van der Waals surface area contributed by atoms with Gasteiger partial charge in [-0.3, -0.25) is 14.7 Å². The molecule has 0 bridgehead atoms. The number of aromatic nitrogens is 2. The van der Waals surface area contributed by atoms with Crippen molar-refractivity contribution in [2.75, 3.05) is 7.05 Å². The van der Waals surface area contributed by atoms with Crippen molar-refractivity contribution >= 4 is 23.7 Å². The number of hydrazone groups is 1. The lowest BCUT2D eigenvalue weighted by Gasteiger charge is -2.08. The van der Waals surface area contributed by atoms with E-state index in [0.717, 1.165) is 34.7 Å². The van der Waals surface area contributed by atoms with Gasteiger partial charge in [0, 0.05) is 30.7 Å². The Bertz CT molecular complexity index is 942. The Morgan fingerprint density at radius 3 is 2.55 bits per heavy atom. The second kappa shape index (κ2) is 10.9. The molecule has 0 fully saturated rings. The topological polar surface area (TPSA) is 80.9 Å². The van der Waals surface area contributed by atoms with E-state index in [4.69, 9.17) is 10.9 Å². The summed E-state index contributed by atoms with van der Waals surface area (Å²) < 4.78 is 1.92. The number of hydrogen-bond acceptors (Lipinski definition) is 5. The van der Waals surface area contributed by atoms with E-state index in [1.165, 1.54) is 11.1 Å². The number of rotatable bonds is 9. The van der Waals surface area contributed by atoms with E-state index >= 15 is 0 Å². The minimum Gasteiger partial charge on any atom is -0.323 e. The number of aryl methyl sites for hydroxylation is 1. The van der Waals surface area contributed by atoms with E-state index in [9.17, 15) is 0 Å². The van der Waals surface area contributed by atoms with Crippen molar-refractivity contribution in [1.29, 1.82) is 0 Å². The zero-order chi connectivity index (χ0) is 21.2. The highest BCUT2D eigenvalue weighted by Crippen LogP contribution is 2.19. The number of nitrogens with two attached hydrogens (primary N) is 1. The summed E-state index contributed by atoms with van der Waals surface area (Å²) in [6.07, 6.45) is 7.27. The highest BCUT2D eigenvalue weighted by molar-refractivity contribution is 6.22. The predicted molar refractivity (Wildman–Crippen MR) is 124 cm³/mol. The average molecular weight is 391 g/mol. The monoisotopic (exact) mass is 390 g/mol. The molecule has 2 rings (SSSR count). The van der Waals surface area contributed by atoms with Crippen molar-refractivity contribution in [3.05, 3.63) is 71.2 Å². The minimum atomic E-state index is 0.645. The maximum absolute atomic E-state index is 5.58. The molecule has 1 heterocycles. The number of aliphatic imine (C=N–C) groups is 2. The number of hydrogen-bond donors (Lipinski definition) is 1. The van der Waals surface area contributed by atoms with Crippen LogP contribution >= 0.6 is 0 Å². The predicted octanol–water partition coefficient (Wildman–Crippen LogP) is 4.41. The van der Waals surface area contributed by atoms with Gasteiger partial charge in [-0.25, -0.2) is 0 Å². The fourth-order valence-electron chi connectivity index (χ4n) is 3.08. The molecule has 0 saturated carbocycles. The molecule has 2 N–H and O–H groups in total. The van der Waals surface area contributed by atoms with Gasteiger partial charge in [0.2, 0.25) is 0 Å². The summed E-state index contributed by atoms with van der Waals surface area (Å²) in [5, 5.41) is 8.62. The summed E-state index contributed by atoms with van der Waals surface area (Å²) in [5.41, 5.74) is 6.93. The lowest BCUT2D eigenvalue weighted by molar-refractivity contribution is 0.684. The molecule has 1 aromatic heterocycles. The maximum Gasteiger partial charge on any atom is 0.0939 e. The van der Waals surface area contributed by atoms with Crippen LogP contribution in [0.5, 0.6) is 0 Å². The molecule has 2 aromatic rings. The fraction of sp³-hybridized carbons (Fsp3) is 0.304. The number of nitrogens with zero attached hydrogens (tertiary/aromatic N) is 5. The van der Waals surface area contributed by atoms with Gasteiger partial charge in [-0.15, -0.1) is 0 Å². The smallest absolute Gasteiger partial charge is 0.0939 e. The molecule has 0 saturated heterocycles. The van der Waals surface area contributed by atoms with Crippen LogP contribution in [0, 0.1) is 6.92 Å². The molecular formula is C23H30N6. The molecule has 0 aliphatic rings. The van der Waals surface area contributed by atoms with Gasteiger partial charge in [0.05, 0.1) is 18.0 Å². The standard InChI is InChI=1S/C23H30N6/c1-6-22(26-5)20(15-25-4)11-12-21(18(3)27-24)23-13-14-29(28-23)16-19-9-7-17(2)8-10-19/h7-10,12-15H,4,6,11,16,24H2,1-3,5H3/b20-15-,21-12+,26-22?,27-18-. The van der Waals surface area contributed by atoms with Crippen LogP contribution in [0.4, 0.5) is 0 Å². The maximum atomic E-state index is 5.58. The molecular weight excluding hydrogens is 360 g/mol. The molecule has 0 amide bonds. The first kappa shape index (κ1) is 22.0. The van der Waals surface area contributed by atoms with Gasteiger partial charge in [0.25, 0.3) is 0 Å². The summed E-state index contributed by atoms with van der Waals surface area (Å²) >= 11 is 0. The lowest BCUT2D eigenvalue weighted by Crippen LogP contribution is -2.06. The molecule has 0 aliphatic heterocycles. The Labute approximate surface area is 173 Å². The summed E-state index contributed by atoms with van der Waals surface area (Å²) in [6, 6.07) is 10.4. The third-order valence-corrected chi connectivity index (χ3v) is 4.71. The Hall–Kier alpha value is -3.28. The SMILES string of the molecule is C=N/C=C(/C/C=C(\C(C)=N/N)c1ccn(Cc2ccc(C)cc2)n1)C(CC)=NC. The zero-order valence-corrected chi connectivity index (χ0v) is 17.8. The lowest BCUT2D eigenvalue weighted by atomic mass is 10.0. The van der Waals surface area contributed by atoms with Crippen molar-refractivity contribution in [3.63, 3.8) is 0 Å². The first-order chi connectivity index (χ1) is 14.0. The van der Waals surface area contributed by atoms with E-state index in [0.29, 0.717) is 13.0 Å². The summed E-state index contributed by atoms with van der Waals surface area (Å²) in [4.78, 5) is 8.28. The van der Waals surface area contributed by atoms with E-state index in [-0.39, 0.29) is 0 Å². The van der Waals surface area contributed by atoms with Crippen molar-refractivity contribution in [2.45, 2.75) is 40.2 Å². The molecule has 6 heteroatoms. The Morgan fingerprint density at radius 2 is 1.97 bits per heavy atom. The van der Waals surface area contributed by atoms with Crippen LogP contribution in [0.1, 0.15) is 43.5 Å². The highest BCUT2D eigenvalue weighted by Gasteiger charge is 2.11.